The van der Waals surface area contributed by atoms with Crippen LogP contribution in [0.1, 0.15) is 6.92 Å². The minimum atomic E-state index is -1.35. The number of hydrogen-bond acceptors (Lipinski definition) is 6. The molecule has 21 heavy (non-hydrogen) atoms. The molecule has 3 aliphatic heterocycles. The molecule has 0 aromatic heterocycles. The number of likely N-dealkylation sites (N-methyl/N-ethyl adjacent to an activating group) is 1. The molecule has 0 amide bonds. The van der Waals surface area contributed by atoms with Gasteiger partial charge in [0.05, 0.1) is 24.4 Å². The van der Waals surface area contributed by atoms with Gasteiger partial charge < -0.3 is 14.7 Å². The third-order valence-corrected chi connectivity index (χ3v) is 5.22. The van der Waals surface area contributed by atoms with Gasteiger partial charge in [-0.3, -0.25) is 14.5 Å². The number of Topliss-reactive ketones (excluding diaryl/α,β-unsaturated/α-hetero) is 2. The van der Waals surface area contributed by atoms with Gasteiger partial charge in [0, 0.05) is 23.7 Å². The van der Waals surface area contributed by atoms with E-state index in [1.165, 1.54) is 7.11 Å². The molecule has 2 unspecified atom stereocenters. The predicted octanol–water partition coefficient (Wildman–Crippen LogP) is -0.431. The van der Waals surface area contributed by atoms with Crippen LogP contribution >= 0.6 is 0 Å². The number of aliphatic hydroxyl groups is 1. The van der Waals surface area contributed by atoms with Crippen LogP contribution in [0.4, 0.5) is 0 Å². The van der Waals surface area contributed by atoms with E-state index in [-0.39, 0.29) is 46.3 Å². The number of carbonyl (C=O) groups is 2. The van der Waals surface area contributed by atoms with Crippen molar-refractivity contribution in [3.63, 3.8) is 0 Å². The topological polar surface area (TPSA) is 69.9 Å². The van der Waals surface area contributed by atoms with Gasteiger partial charge in [-0.1, -0.05) is 6.58 Å². The van der Waals surface area contributed by atoms with E-state index in [9.17, 15) is 14.7 Å². The molecule has 0 spiro atoms. The molecule has 0 bridgehead atoms. The quantitative estimate of drug-likeness (QED) is 0.521. The Morgan fingerprint density at radius 1 is 1.38 bits per heavy atom. The number of fused-ring (bicyclic) bond motifs is 4. The number of nitrogens with zero attached hydrogens (tertiary/aromatic N) is 2. The van der Waals surface area contributed by atoms with Gasteiger partial charge >= 0.3 is 0 Å². The molecule has 6 nitrogen and oxygen atoms in total. The average molecular weight is 288 g/mol. The maximum atomic E-state index is 12.6. The number of hydrogen-bond donors (Lipinski definition) is 1. The Bertz CT molecular complexity index is 704. The minimum Gasteiger partial charge on any atom is -0.492 e. The van der Waals surface area contributed by atoms with Gasteiger partial charge in [-0.25, -0.2) is 0 Å². The molecular weight excluding hydrogens is 272 g/mol. The second-order valence-corrected chi connectivity index (χ2v) is 6.03. The second-order valence-electron chi connectivity index (χ2n) is 6.03. The van der Waals surface area contributed by atoms with Gasteiger partial charge in [-0.05, 0) is 14.0 Å². The lowest BCUT2D eigenvalue weighted by Crippen LogP contribution is -2.49. The molecule has 3 heterocycles. The predicted molar refractivity (Wildman–Crippen MR) is 72.9 cm³/mol. The molecule has 2 saturated heterocycles. The van der Waals surface area contributed by atoms with Crippen LogP contribution in [0.2, 0.25) is 0 Å². The highest BCUT2D eigenvalue weighted by Gasteiger charge is 2.72. The van der Waals surface area contributed by atoms with Gasteiger partial charge in [-0.2, -0.15) is 0 Å². The number of ketones is 2. The summed E-state index contributed by atoms with van der Waals surface area (Å²) in [7, 11) is 3.29. The van der Waals surface area contributed by atoms with Crippen LogP contribution in [0, 0.1) is 0 Å². The number of carbonyl (C=O) groups excluding carboxylic acids is 2. The van der Waals surface area contributed by atoms with E-state index in [0.29, 0.717) is 12.1 Å². The van der Waals surface area contributed by atoms with Crippen molar-refractivity contribution in [1.29, 1.82) is 0 Å². The van der Waals surface area contributed by atoms with Crippen molar-refractivity contribution >= 4 is 11.6 Å². The smallest absolute Gasteiger partial charge is 0.230 e. The molecule has 4 atom stereocenters. The van der Waals surface area contributed by atoms with Gasteiger partial charge in [0.25, 0.3) is 0 Å². The summed E-state index contributed by atoms with van der Waals surface area (Å²) in [5.41, 5.74) is -0.254. The summed E-state index contributed by atoms with van der Waals surface area (Å²) in [6.45, 7) is 6.02. The lowest BCUT2D eigenvalue weighted by molar-refractivity contribution is -0.120. The highest BCUT2D eigenvalue weighted by molar-refractivity contribution is 6.26. The molecule has 0 radical (unpaired) electrons. The third kappa shape index (κ3) is 1.14. The fourth-order valence-corrected chi connectivity index (χ4v) is 4.03. The largest absolute Gasteiger partial charge is 0.492 e. The van der Waals surface area contributed by atoms with E-state index in [4.69, 9.17) is 4.74 Å². The van der Waals surface area contributed by atoms with Crippen LogP contribution in [0.3, 0.4) is 0 Å². The second kappa shape index (κ2) is 3.45. The Kier molecular flexibility index (Phi) is 2.10. The number of rotatable bonds is 1. The van der Waals surface area contributed by atoms with Crippen LogP contribution in [-0.2, 0) is 14.3 Å². The molecular formula is C15H16N2O4. The Hall–Kier alpha value is -1.92. The van der Waals surface area contributed by atoms with Crippen molar-refractivity contribution in [3.8, 4) is 0 Å². The van der Waals surface area contributed by atoms with Crippen molar-refractivity contribution in [2.75, 3.05) is 20.7 Å². The molecule has 110 valence electrons. The summed E-state index contributed by atoms with van der Waals surface area (Å²) < 4.78 is 5.08. The lowest BCUT2D eigenvalue weighted by Gasteiger charge is -2.34. The fraction of sp³-hybridized carbons (Fsp3) is 0.467. The summed E-state index contributed by atoms with van der Waals surface area (Å²) >= 11 is 0. The molecule has 6 heteroatoms. The van der Waals surface area contributed by atoms with E-state index < -0.39 is 5.72 Å². The molecule has 0 aromatic rings. The Balaban J connectivity index is 1.88. The molecule has 0 aromatic carbocycles. The van der Waals surface area contributed by atoms with Crippen LogP contribution in [0.5, 0.6) is 0 Å². The van der Waals surface area contributed by atoms with Gasteiger partial charge in [-0.15, -0.1) is 0 Å². The van der Waals surface area contributed by atoms with E-state index in [0.717, 1.165) is 0 Å². The molecule has 2 fully saturated rings. The first-order valence-electron chi connectivity index (χ1n) is 6.86. The molecule has 4 aliphatic rings. The average Bonchev–Trinajstić information content (AvgIpc) is 2.87. The van der Waals surface area contributed by atoms with Crippen molar-refractivity contribution < 1.29 is 19.4 Å². The molecule has 1 N–H and O–H groups in total. The van der Waals surface area contributed by atoms with Gasteiger partial charge in [0.1, 0.15) is 0 Å². The molecule has 0 saturated carbocycles. The number of piperazine rings is 1. The highest BCUT2D eigenvalue weighted by Crippen LogP contribution is 2.56. The normalized spacial score (nSPS) is 40.7. The summed E-state index contributed by atoms with van der Waals surface area (Å²) in [6, 6.07) is 0.0966. The first-order valence-corrected chi connectivity index (χ1v) is 6.86. The Morgan fingerprint density at radius 2 is 2.05 bits per heavy atom. The monoisotopic (exact) mass is 288 g/mol. The maximum absolute atomic E-state index is 12.6. The highest BCUT2D eigenvalue weighted by atomic mass is 16.5. The van der Waals surface area contributed by atoms with E-state index in [1.54, 1.807) is 11.8 Å². The van der Waals surface area contributed by atoms with Gasteiger partial charge in [0.2, 0.25) is 11.6 Å². The Morgan fingerprint density at radius 3 is 2.67 bits per heavy atom. The zero-order chi connectivity index (χ0) is 15.3. The summed E-state index contributed by atoms with van der Waals surface area (Å²) in [4.78, 5) is 28.9. The number of allylic oxidation sites excluding steroid dienone is 2. The minimum absolute atomic E-state index is 0.0466. The van der Waals surface area contributed by atoms with Crippen molar-refractivity contribution in [3.05, 3.63) is 34.8 Å². The van der Waals surface area contributed by atoms with Crippen LogP contribution in [0.15, 0.2) is 34.8 Å². The van der Waals surface area contributed by atoms with Gasteiger partial charge in [0.15, 0.2) is 11.5 Å². The van der Waals surface area contributed by atoms with E-state index in [2.05, 4.69) is 6.58 Å². The van der Waals surface area contributed by atoms with Crippen LogP contribution in [-0.4, -0.2) is 65.0 Å². The SMILES string of the molecule is C=C1C2=C(C(=O)C(C)=C(OC)C2=O)N2CC3[C@@H](N3C)[C@@]12O. The maximum Gasteiger partial charge on any atom is 0.230 e. The Labute approximate surface area is 122 Å². The van der Waals surface area contributed by atoms with Crippen molar-refractivity contribution in [1.82, 2.24) is 9.80 Å². The van der Waals surface area contributed by atoms with Crippen LogP contribution < -0.4 is 0 Å². The summed E-state index contributed by atoms with van der Waals surface area (Å²) in [6.07, 6.45) is 0. The fourth-order valence-electron chi connectivity index (χ4n) is 4.03. The molecule has 1 aliphatic carbocycles. The first-order chi connectivity index (χ1) is 9.85. The van der Waals surface area contributed by atoms with Crippen molar-refractivity contribution in [2.45, 2.75) is 24.7 Å². The summed E-state index contributed by atoms with van der Waals surface area (Å²) in [5.74, 6) is -0.579. The summed E-state index contributed by atoms with van der Waals surface area (Å²) in [5, 5.41) is 11.1. The zero-order valence-electron chi connectivity index (χ0n) is 12.1. The standard InChI is InChI=1S/C15H16N2O4/c1-6-11(18)10-9(12(19)13(6)21-4)7(2)15(20)14-8(16(14)3)5-17(10)15/h8,14,20H,2,5H2,1,3-4H3/t8?,14-,15+,16?/m1/s1. The van der Waals surface area contributed by atoms with E-state index in [1.807, 2.05) is 11.9 Å². The van der Waals surface area contributed by atoms with E-state index >= 15 is 0 Å². The lowest BCUT2D eigenvalue weighted by atomic mass is 9.88. The number of ether oxygens (including phenoxy) is 1. The van der Waals surface area contributed by atoms with Crippen molar-refractivity contribution in [2.24, 2.45) is 0 Å². The first kappa shape index (κ1) is 12.8. The van der Waals surface area contributed by atoms with Crippen LogP contribution in [0.25, 0.3) is 0 Å². The number of methoxy groups -OCH3 is 1. The zero-order valence-corrected chi connectivity index (χ0v) is 12.1. The third-order valence-electron chi connectivity index (χ3n) is 5.22. The molecule has 4 rings (SSSR count).